The van der Waals surface area contributed by atoms with Crippen molar-refractivity contribution in [1.29, 1.82) is 0 Å². The number of likely N-dealkylation sites (N-methyl/N-ethyl adjacent to an activating group) is 1. The predicted molar refractivity (Wildman–Crippen MR) is 272 cm³/mol. The summed E-state index contributed by atoms with van der Waals surface area (Å²) in [6.45, 7) is 10.6. The second-order valence-electron chi connectivity index (χ2n) is 21.0. The molecule has 0 spiro atoms. The normalized spacial score (nSPS) is 19.3. The van der Waals surface area contributed by atoms with E-state index >= 15 is 0 Å². The van der Waals surface area contributed by atoms with Gasteiger partial charge in [-0.25, -0.2) is 9.18 Å². The molecule has 1 saturated carbocycles. The maximum Gasteiger partial charge on any atom is 0.410 e. The number of halogens is 1. The molecular weight excluding hydrogens is 958 g/mol. The lowest BCUT2D eigenvalue weighted by atomic mass is 9.83. The zero-order chi connectivity index (χ0) is 51.4. The van der Waals surface area contributed by atoms with Gasteiger partial charge < -0.3 is 43.3 Å². The third kappa shape index (κ3) is 12.2. The third-order valence-electron chi connectivity index (χ3n) is 14.8. The number of rotatable bonds is 15. The number of fused-ring (bicyclic) bond motifs is 2. The van der Waals surface area contributed by atoms with E-state index in [1.54, 1.807) is 82.7 Å². The first kappa shape index (κ1) is 51.6. The van der Waals surface area contributed by atoms with Crippen molar-refractivity contribution < 1.29 is 47.1 Å². The Bertz CT molecular complexity index is 2770. The van der Waals surface area contributed by atoms with Gasteiger partial charge in [-0.05, 0) is 119 Å². The van der Waals surface area contributed by atoms with E-state index in [4.69, 9.17) is 18.7 Å². The van der Waals surface area contributed by atoms with Crippen molar-refractivity contribution in [1.82, 2.24) is 44.5 Å². The topological polar surface area (TPSA) is 185 Å². The number of hydrogen-bond donors (Lipinski definition) is 1. The molecule has 18 nitrogen and oxygen atoms in total. The molecule has 1 N–H and O–H groups in total. The molecule has 3 aliphatic heterocycles. The van der Waals surface area contributed by atoms with Gasteiger partial charge in [0, 0.05) is 76.0 Å². The van der Waals surface area contributed by atoms with Crippen LogP contribution in [0.2, 0.25) is 0 Å². The van der Waals surface area contributed by atoms with Crippen LogP contribution >= 0.6 is 11.3 Å². The highest BCUT2D eigenvalue weighted by atomic mass is 32.1. The van der Waals surface area contributed by atoms with Crippen LogP contribution in [0.4, 0.5) is 9.18 Å². The summed E-state index contributed by atoms with van der Waals surface area (Å²) in [5.74, 6) is 0.188. The molecule has 392 valence electrons. The Kier molecular flexibility index (Phi) is 15.9. The molecule has 73 heavy (non-hydrogen) atoms. The van der Waals surface area contributed by atoms with E-state index < -0.39 is 35.5 Å². The summed E-state index contributed by atoms with van der Waals surface area (Å²) in [5.41, 5.74) is 1.01. The van der Waals surface area contributed by atoms with Crippen LogP contribution in [-0.4, -0.2) is 158 Å². The van der Waals surface area contributed by atoms with Crippen molar-refractivity contribution in [2.24, 2.45) is 5.92 Å². The second-order valence-corrected chi connectivity index (χ2v) is 21.9. The number of carbonyl (C=O) groups excluding carboxylic acids is 5. The van der Waals surface area contributed by atoms with E-state index in [1.807, 2.05) is 17.5 Å². The lowest BCUT2D eigenvalue weighted by Crippen LogP contribution is -2.60. The number of pyridine rings is 1. The molecule has 5 aromatic rings. The molecule has 9 rings (SSSR count). The number of thiophene rings is 1. The number of aromatic nitrogens is 3. The number of benzene rings is 1. The fourth-order valence-corrected chi connectivity index (χ4v) is 11.4. The lowest BCUT2D eigenvalue weighted by molar-refractivity contribution is -0.140. The smallest absolute Gasteiger partial charge is 0.410 e. The number of hydrogen-bond acceptors (Lipinski definition) is 13. The fourth-order valence-electron chi connectivity index (χ4n) is 10.6. The lowest BCUT2D eigenvalue weighted by Gasteiger charge is -2.39. The van der Waals surface area contributed by atoms with Crippen molar-refractivity contribution in [2.75, 3.05) is 59.5 Å². The first-order chi connectivity index (χ1) is 35.1. The quantitative estimate of drug-likeness (QED) is 0.112. The van der Waals surface area contributed by atoms with Gasteiger partial charge in [0.15, 0.2) is 5.76 Å². The molecule has 5 amide bonds. The van der Waals surface area contributed by atoms with E-state index in [-0.39, 0.29) is 80.8 Å². The zero-order valence-electron chi connectivity index (χ0n) is 42.6. The number of nitrogens with one attached hydrogen (secondary N) is 1. The number of nitrogens with zero attached hydrogens (tertiary/aromatic N) is 8. The first-order valence-electron chi connectivity index (χ1n) is 25.8. The summed E-state index contributed by atoms with van der Waals surface area (Å²) < 4.78 is 41.0. The highest BCUT2D eigenvalue weighted by Crippen LogP contribution is 2.32. The summed E-state index contributed by atoms with van der Waals surface area (Å²) >= 11 is 1.64. The minimum atomic E-state index is -0.892. The average Bonchev–Trinajstić information content (AvgIpc) is 4.22. The molecule has 4 aromatic heterocycles. The molecule has 20 heteroatoms. The fraction of sp³-hybridized carbons (Fsp3) is 0.566. The highest BCUT2D eigenvalue weighted by molar-refractivity contribution is 7.17. The van der Waals surface area contributed by atoms with Crippen LogP contribution in [0.3, 0.4) is 0 Å². The third-order valence-corrected chi connectivity index (χ3v) is 15.7. The number of likely N-dealkylation sites (tertiary alicyclic amines) is 2. The molecule has 3 saturated heterocycles. The van der Waals surface area contributed by atoms with Crippen LogP contribution in [0, 0.1) is 11.7 Å². The van der Waals surface area contributed by atoms with Gasteiger partial charge in [-0.15, -0.1) is 11.3 Å². The number of piperidine rings is 1. The summed E-state index contributed by atoms with van der Waals surface area (Å²) in [7, 11) is 1.50. The van der Waals surface area contributed by atoms with Gasteiger partial charge in [0.2, 0.25) is 17.7 Å². The van der Waals surface area contributed by atoms with E-state index in [1.165, 1.54) is 24.1 Å². The molecule has 1 aliphatic carbocycles. The van der Waals surface area contributed by atoms with Gasteiger partial charge in [0.05, 0.1) is 22.8 Å². The standard InChI is InChI=1S/C53H68FN9O9S/c1-34(58(5)52(68)71-53(2,3)4)49(65)56-47(35-10-7-6-8-11-35)51(67)61-25-23-60(24-26-61)50(66)43-29-36-28-37(54)13-14-42(36)63(43)32-46(64)62-20-9-12-38(62)33-69-45-30-40(72-57-45)31-59-21-16-39(17-22-59)70-44-15-19-55-41-18-27-73-48(41)44/h13-15,18-19,27-30,34-35,38-39,47H,6-12,16-17,20-26,31-33H2,1-5H3,(H,56,65)/t34-,38-,47-/m0/s1. The number of piperazine rings is 1. The van der Waals surface area contributed by atoms with Crippen LogP contribution in [0.5, 0.6) is 11.6 Å². The Balaban J connectivity index is 0.790. The summed E-state index contributed by atoms with van der Waals surface area (Å²) in [6, 6.07) is 9.72. The van der Waals surface area contributed by atoms with Gasteiger partial charge in [0.25, 0.3) is 11.8 Å². The van der Waals surface area contributed by atoms with Crippen molar-refractivity contribution >= 4 is 62.2 Å². The SMILES string of the molecule is C[C@@H](C(=O)N[C@H](C(=O)N1CCN(C(=O)c2cc3cc(F)ccc3n2CC(=O)N2CCC[C@H]2COc2cc(CN3CCC(Oc4ccnc5ccsc45)CC3)on2)CC1)C1CCCCC1)N(C)C(=O)OC(C)(C)C. The van der Waals surface area contributed by atoms with Gasteiger partial charge in [-0.1, -0.05) is 19.3 Å². The van der Waals surface area contributed by atoms with Crippen LogP contribution in [0.1, 0.15) is 102 Å². The average molecular weight is 1030 g/mol. The molecule has 4 aliphatic rings. The molecule has 0 bridgehead atoms. The monoisotopic (exact) mass is 1030 g/mol. The van der Waals surface area contributed by atoms with E-state index in [0.717, 1.165) is 86.8 Å². The summed E-state index contributed by atoms with van der Waals surface area (Å²) in [4.78, 5) is 82.6. The van der Waals surface area contributed by atoms with Gasteiger partial charge in [-0.2, -0.15) is 0 Å². The van der Waals surface area contributed by atoms with Gasteiger partial charge in [-0.3, -0.25) is 34.0 Å². The van der Waals surface area contributed by atoms with Crippen LogP contribution in [-0.2, 0) is 32.2 Å². The summed E-state index contributed by atoms with van der Waals surface area (Å²) in [6.07, 6.45) is 9.06. The Morgan fingerprint density at radius 3 is 2.41 bits per heavy atom. The van der Waals surface area contributed by atoms with Gasteiger partial charge >= 0.3 is 6.09 Å². The Morgan fingerprint density at radius 2 is 1.66 bits per heavy atom. The molecule has 7 heterocycles. The van der Waals surface area contributed by atoms with Crippen LogP contribution < -0.4 is 14.8 Å². The first-order valence-corrected chi connectivity index (χ1v) is 26.7. The Hall–Kier alpha value is -6.28. The Morgan fingerprint density at radius 1 is 0.904 bits per heavy atom. The minimum Gasteiger partial charge on any atom is -0.489 e. The van der Waals surface area contributed by atoms with E-state index in [9.17, 15) is 28.4 Å². The van der Waals surface area contributed by atoms with E-state index in [2.05, 4.69) is 20.4 Å². The maximum atomic E-state index is 14.6. The van der Waals surface area contributed by atoms with Crippen molar-refractivity contribution in [3.63, 3.8) is 0 Å². The van der Waals surface area contributed by atoms with Crippen molar-refractivity contribution in [2.45, 2.75) is 128 Å². The largest absolute Gasteiger partial charge is 0.489 e. The number of carbonyl (C=O) groups is 5. The molecule has 1 aromatic carbocycles. The predicted octanol–water partition coefficient (Wildman–Crippen LogP) is 7.10. The van der Waals surface area contributed by atoms with Crippen molar-refractivity contribution in [3.05, 3.63) is 71.3 Å². The Labute approximate surface area is 429 Å². The minimum absolute atomic E-state index is 0.0718. The van der Waals surface area contributed by atoms with Crippen LogP contribution in [0.15, 0.2) is 58.6 Å². The van der Waals surface area contributed by atoms with Gasteiger partial charge in [0.1, 0.15) is 54.2 Å². The molecule has 3 atom stereocenters. The second kappa shape index (κ2) is 22.5. The molecular formula is C53H68FN9O9S. The maximum absolute atomic E-state index is 14.6. The number of ether oxygens (including phenoxy) is 3. The molecule has 4 fully saturated rings. The summed E-state index contributed by atoms with van der Waals surface area (Å²) in [5, 5.41) is 9.70. The van der Waals surface area contributed by atoms with Crippen LogP contribution in [0.25, 0.3) is 21.1 Å². The van der Waals surface area contributed by atoms with Crippen molar-refractivity contribution in [3.8, 4) is 11.6 Å². The number of amides is 5. The zero-order valence-corrected chi connectivity index (χ0v) is 43.4. The molecule has 0 radical (unpaired) electrons. The molecule has 0 unspecified atom stereocenters. The highest BCUT2D eigenvalue weighted by Gasteiger charge is 2.39. The van der Waals surface area contributed by atoms with E-state index in [0.29, 0.717) is 35.6 Å².